The number of anilines is 1. The average Bonchev–Trinajstić information content (AvgIpc) is 3.39. The van der Waals surface area contributed by atoms with Crippen molar-refractivity contribution in [1.29, 1.82) is 0 Å². The Morgan fingerprint density at radius 1 is 1.02 bits per heavy atom. The lowest BCUT2D eigenvalue weighted by atomic mass is 10.1. The Hall–Kier alpha value is -3.82. The van der Waals surface area contributed by atoms with Gasteiger partial charge in [0.25, 0.3) is 5.91 Å². The molecular formula is C32H39N5O3S. The zero-order valence-corrected chi connectivity index (χ0v) is 24.9. The monoisotopic (exact) mass is 573 g/mol. The number of carbonyl (C=O) groups excluding carboxylic acids is 3. The van der Waals surface area contributed by atoms with Crippen molar-refractivity contribution in [2.45, 2.75) is 27.2 Å². The minimum atomic E-state index is -0.308. The summed E-state index contributed by atoms with van der Waals surface area (Å²) in [4.78, 5) is 49.2. The van der Waals surface area contributed by atoms with E-state index in [2.05, 4.69) is 39.5 Å². The maximum atomic E-state index is 13.2. The number of nitrogens with one attached hydrogen (secondary N) is 1. The normalized spacial score (nSPS) is 14.0. The van der Waals surface area contributed by atoms with E-state index >= 15 is 0 Å². The number of nitrogens with zero attached hydrogens (tertiary/aromatic N) is 4. The van der Waals surface area contributed by atoms with E-state index in [9.17, 15) is 14.4 Å². The van der Waals surface area contributed by atoms with Crippen molar-refractivity contribution < 1.29 is 14.4 Å². The minimum Gasteiger partial charge on any atom is -0.340 e. The molecule has 1 aliphatic rings. The molecule has 2 aromatic carbocycles. The first-order valence-corrected chi connectivity index (χ1v) is 15.0. The Morgan fingerprint density at radius 3 is 2.44 bits per heavy atom. The number of hydrogen-bond acceptors (Lipinski definition) is 6. The highest BCUT2D eigenvalue weighted by atomic mass is 32.1. The second-order valence-electron chi connectivity index (χ2n) is 10.8. The van der Waals surface area contributed by atoms with Gasteiger partial charge in [-0.25, -0.2) is 4.98 Å². The number of aryl methyl sites for hydroxylation is 1. The summed E-state index contributed by atoms with van der Waals surface area (Å²) in [6.07, 6.45) is 4.49. The summed E-state index contributed by atoms with van der Waals surface area (Å²) in [7, 11) is 0. The molecule has 8 nitrogen and oxygen atoms in total. The van der Waals surface area contributed by atoms with E-state index in [0.29, 0.717) is 36.0 Å². The quantitative estimate of drug-likeness (QED) is 0.363. The number of piperazine rings is 1. The van der Waals surface area contributed by atoms with Crippen LogP contribution in [-0.4, -0.2) is 83.2 Å². The number of amides is 3. The van der Waals surface area contributed by atoms with Gasteiger partial charge in [0, 0.05) is 50.2 Å². The van der Waals surface area contributed by atoms with Gasteiger partial charge < -0.3 is 15.1 Å². The van der Waals surface area contributed by atoms with Crippen LogP contribution in [-0.2, 0) is 16.0 Å². The minimum absolute atomic E-state index is 0.0413. The van der Waals surface area contributed by atoms with E-state index in [0.717, 1.165) is 25.2 Å². The third kappa shape index (κ3) is 9.09. The molecule has 9 heteroatoms. The molecule has 4 rings (SSSR count). The van der Waals surface area contributed by atoms with E-state index in [-0.39, 0.29) is 36.6 Å². The van der Waals surface area contributed by atoms with Crippen LogP contribution >= 0.6 is 11.3 Å². The number of rotatable bonds is 11. The summed E-state index contributed by atoms with van der Waals surface area (Å²) in [5.74, 6) is -0.220. The number of benzene rings is 2. The molecule has 0 unspecified atom stereocenters. The number of aromatic nitrogens is 1. The molecule has 1 N–H and O–H groups in total. The average molecular weight is 574 g/mol. The van der Waals surface area contributed by atoms with Gasteiger partial charge in [0.1, 0.15) is 6.54 Å². The van der Waals surface area contributed by atoms with Gasteiger partial charge in [-0.2, -0.15) is 0 Å². The van der Waals surface area contributed by atoms with Crippen molar-refractivity contribution in [3.63, 3.8) is 0 Å². The molecule has 41 heavy (non-hydrogen) atoms. The fourth-order valence-electron chi connectivity index (χ4n) is 4.77. The fourth-order valence-corrected chi connectivity index (χ4v) is 5.50. The Balaban J connectivity index is 1.24. The van der Waals surface area contributed by atoms with Gasteiger partial charge in [0.2, 0.25) is 11.8 Å². The summed E-state index contributed by atoms with van der Waals surface area (Å²) in [5.41, 5.74) is 3.30. The molecule has 1 fully saturated rings. The Labute approximate surface area is 246 Å². The van der Waals surface area contributed by atoms with Gasteiger partial charge >= 0.3 is 0 Å². The fraction of sp³-hybridized carbons (Fsp3) is 0.375. The molecule has 0 bridgehead atoms. The maximum Gasteiger partial charge on any atom is 0.254 e. The van der Waals surface area contributed by atoms with Gasteiger partial charge in [-0.3, -0.25) is 19.3 Å². The molecule has 216 valence electrons. The van der Waals surface area contributed by atoms with E-state index in [4.69, 9.17) is 0 Å². The van der Waals surface area contributed by atoms with Crippen LogP contribution in [0.2, 0.25) is 0 Å². The molecule has 1 aromatic heterocycles. The Bertz CT molecular complexity index is 1350. The highest BCUT2D eigenvalue weighted by Gasteiger charge is 2.23. The van der Waals surface area contributed by atoms with Crippen LogP contribution in [0.5, 0.6) is 0 Å². The zero-order valence-electron chi connectivity index (χ0n) is 24.1. The van der Waals surface area contributed by atoms with Crippen LogP contribution in [0.3, 0.4) is 0 Å². The lowest BCUT2D eigenvalue weighted by Crippen LogP contribution is -2.49. The first-order valence-electron chi connectivity index (χ1n) is 14.1. The summed E-state index contributed by atoms with van der Waals surface area (Å²) >= 11 is 1.29. The van der Waals surface area contributed by atoms with Crippen LogP contribution in [0.1, 0.15) is 41.0 Å². The number of thiazole rings is 1. The van der Waals surface area contributed by atoms with Gasteiger partial charge in [-0.1, -0.05) is 74.5 Å². The predicted octanol–water partition coefficient (Wildman–Crippen LogP) is 4.59. The molecule has 1 saturated heterocycles. The van der Waals surface area contributed by atoms with Crippen LogP contribution in [0.15, 0.2) is 66.1 Å². The molecule has 0 atom stereocenters. The zero-order chi connectivity index (χ0) is 29.2. The first-order chi connectivity index (χ1) is 19.8. The highest BCUT2D eigenvalue weighted by molar-refractivity contribution is 7.13. The standard InChI is InChI=1S/C32H39N5O3S/c1-24(2)21-37(31(40)28-14-8-7-10-25(28)3)22-29(38)34-32-33-27(23-41-32)20-30(39)36-18-16-35(17-19-36)15-9-13-26-11-5-4-6-12-26/h4-14,23-24H,15-22H2,1-3H3,(H,33,34,38). The first kappa shape index (κ1) is 30.1. The van der Waals surface area contributed by atoms with Crippen molar-refractivity contribution in [1.82, 2.24) is 19.7 Å². The Kier molecular flexibility index (Phi) is 10.8. The molecule has 3 amide bonds. The van der Waals surface area contributed by atoms with Crippen molar-refractivity contribution in [2.24, 2.45) is 5.92 Å². The second-order valence-corrected chi connectivity index (χ2v) is 11.6. The molecule has 3 aromatic rings. The van der Waals surface area contributed by atoms with Crippen molar-refractivity contribution in [2.75, 3.05) is 51.1 Å². The van der Waals surface area contributed by atoms with Crippen LogP contribution in [0.4, 0.5) is 5.13 Å². The lowest BCUT2D eigenvalue weighted by Gasteiger charge is -2.34. The third-order valence-electron chi connectivity index (χ3n) is 6.91. The van der Waals surface area contributed by atoms with Crippen LogP contribution < -0.4 is 5.32 Å². The maximum absolute atomic E-state index is 13.2. The summed E-state index contributed by atoms with van der Waals surface area (Å²) in [6, 6.07) is 17.6. The molecule has 0 saturated carbocycles. The SMILES string of the molecule is Cc1ccccc1C(=O)N(CC(=O)Nc1nc(CC(=O)N2CCN(CC=Cc3ccccc3)CC2)cs1)CC(C)C. The molecule has 0 spiro atoms. The van der Waals surface area contributed by atoms with E-state index in [1.807, 2.05) is 67.4 Å². The van der Waals surface area contributed by atoms with Gasteiger partial charge in [-0.05, 0) is 30.0 Å². The second kappa shape index (κ2) is 14.7. The molecule has 1 aliphatic heterocycles. The lowest BCUT2D eigenvalue weighted by molar-refractivity contribution is -0.132. The van der Waals surface area contributed by atoms with Gasteiger partial charge in [0.15, 0.2) is 5.13 Å². The predicted molar refractivity (Wildman–Crippen MR) is 165 cm³/mol. The number of carbonyl (C=O) groups is 3. The molecule has 0 aliphatic carbocycles. The van der Waals surface area contributed by atoms with Crippen molar-refractivity contribution in [3.8, 4) is 0 Å². The van der Waals surface area contributed by atoms with Gasteiger partial charge in [-0.15, -0.1) is 11.3 Å². The summed E-state index contributed by atoms with van der Waals surface area (Å²) in [6.45, 7) is 10.2. The highest BCUT2D eigenvalue weighted by Crippen LogP contribution is 2.18. The molecular weight excluding hydrogens is 534 g/mol. The van der Waals surface area contributed by atoms with Gasteiger partial charge in [0.05, 0.1) is 12.1 Å². The van der Waals surface area contributed by atoms with Crippen molar-refractivity contribution >= 4 is 40.3 Å². The smallest absolute Gasteiger partial charge is 0.254 e. The molecule has 0 radical (unpaired) electrons. The van der Waals surface area contributed by atoms with Crippen LogP contribution in [0.25, 0.3) is 6.08 Å². The van der Waals surface area contributed by atoms with E-state index < -0.39 is 0 Å². The van der Waals surface area contributed by atoms with Crippen molar-refractivity contribution in [3.05, 3.63) is 88.4 Å². The largest absolute Gasteiger partial charge is 0.340 e. The molecule has 2 heterocycles. The Morgan fingerprint density at radius 2 is 1.73 bits per heavy atom. The van der Waals surface area contributed by atoms with E-state index in [1.54, 1.807) is 11.0 Å². The summed E-state index contributed by atoms with van der Waals surface area (Å²) < 4.78 is 0. The van der Waals surface area contributed by atoms with Crippen LogP contribution in [0, 0.1) is 12.8 Å². The van der Waals surface area contributed by atoms with E-state index in [1.165, 1.54) is 16.9 Å². The summed E-state index contributed by atoms with van der Waals surface area (Å²) in [5, 5.41) is 5.05. The number of hydrogen-bond donors (Lipinski definition) is 1. The third-order valence-corrected chi connectivity index (χ3v) is 7.72. The topological polar surface area (TPSA) is 85.8 Å².